The first kappa shape index (κ1) is 34.0. The maximum atomic E-state index is 15.0. The second-order valence-electron chi connectivity index (χ2n) is 10.5. The number of amides is 2. The van der Waals surface area contributed by atoms with Gasteiger partial charge in [0.1, 0.15) is 18.4 Å². The summed E-state index contributed by atoms with van der Waals surface area (Å²) in [7, 11) is -4.37. The van der Waals surface area contributed by atoms with Crippen LogP contribution in [0, 0.1) is 12.7 Å². The van der Waals surface area contributed by atoms with Crippen LogP contribution in [0.25, 0.3) is 0 Å². The smallest absolute Gasteiger partial charge is 0.264 e. The molecule has 0 fully saturated rings. The van der Waals surface area contributed by atoms with E-state index in [2.05, 4.69) is 5.32 Å². The minimum Gasteiger partial charge on any atom is -0.354 e. The molecule has 11 heteroatoms. The quantitative estimate of drug-likeness (QED) is 0.170. The monoisotopic (exact) mass is 669 g/mol. The lowest BCUT2D eigenvalue weighted by molar-refractivity contribution is -0.140. The summed E-state index contributed by atoms with van der Waals surface area (Å²) < 4.78 is 44.1. The van der Waals surface area contributed by atoms with Crippen molar-refractivity contribution in [1.29, 1.82) is 0 Å². The largest absolute Gasteiger partial charge is 0.354 e. The third-order valence-electron chi connectivity index (χ3n) is 7.18. The Bertz CT molecular complexity index is 1740. The van der Waals surface area contributed by atoms with Crippen molar-refractivity contribution in [2.24, 2.45) is 0 Å². The normalized spacial score (nSPS) is 11.9. The summed E-state index contributed by atoms with van der Waals surface area (Å²) in [6, 6.07) is 24.4. The van der Waals surface area contributed by atoms with E-state index in [0.717, 1.165) is 15.4 Å². The van der Waals surface area contributed by atoms with Gasteiger partial charge in [0.05, 0.1) is 15.6 Å². The van der Waals surface area contributed by atoms with Gasteiger partial charge in [0.25, 0.3) is 10.0 Å². The van der Waals surface area contributed by atoms with Crippen LogP contribution in [0.3, 0.4) is 0 Å². The fourth-order valence-electron chi connectivity index (χ4n) is 4.76. The second-order valence-corrected chi connectivity index (χ2v) is 13.2. The molecule has 0 aliphatic rings. The minimum atomic E-state index is -4.37. The van der Waals surface area contributed by atoms with E-state index < -0.39 is 40.2 Å². The topological polar surface area (TPSA) is 86.8 Å². The van der Waals surface area contributed by atoms with Gasteiger partial charge in [-0.2, -0.15) is 0 Å². The van der Waals surface area contributed by atoms with E-state index in [0.29, 0.717) is 13.0 Å². The molecule has 0 saturated carbocycles. The van der Waals surface area contributed by atoms with Crippen molar-refractivity contribution in [3.05, 3.63) is 130 Å². The van der Waals surface area contributed by atoms with Crippen LogP contribution >= 0.6 is 23.2 Å². The molecule has 236 valence electrons. The van der Waals surface area contributed by atoms with Crippen LogP contribution in [0.4, 0.5) is 10.1 Å². The average Bonchev–Trinajstić information content (AvgIpc) is 3.03. The zero-order valence-electron chi connectivity index (χ0n) is 24.9. The number of hydrogen-bond donors (Lipinski definition) is 1. The summed E-state index contributed by atoms with van der Waals surface area (Å²) in [4.78, 5) is 29.2. The Hall–Kier alpha value is -3.92. The van der Waals surface area contributed by atoms with Crippen molar-refractivity contribution in [3.8, 4) is 0 Å². The average molecular weight is 671 g/mol. The summed E-state index contributed by atoms with van der Waals surface area (Å²) in [5.41, 5.74) is 1.76. The van der Waals surface area contributed by atoms with Crippen molar-refractivity contribution in [2.75, 3.05) is 17.4 Å². The lowest BCUT2D eigenvalue weighted by atomic mass is 10.0. The maximum Gasteiger partial charge on any atom is 0.264 e. The third-order valence-corrected chi connectivity index (χ3v) is 9.51. The number of rotatable bonds is 13. The van der Waals surface area contributed by atoms with Gasteiger partial charge in [-0.25, -0.2) is 12.8 Å². The summed E-state index contributed by atoms with van der Waals surface area (Å²) in [6.45, 7) is 3.05. The number of sulfonamides is 1. The molecule has 4 aromatic rings. The molecule has 0 aliphatic heterocycles. The molecular weight excluding hydrogens is 636 g/mol. The van der Waals surface area contributed by atoms with Crippen LogP contribution in [-0.4, -0.2) is 44.3 Å². The van der Waals surface area contributed by atoms with Gasteiger partial charge < -0.3 is 10.2 Å². The predicted octanol–water partition coefficient (Wildman–Crippen LogP) is 6.80. The molecule has 4 rings (SSSR count). The molecule has 0 heterocycles. The van der Waals surface area contributed by atoms with Crippen LogP contribution < -0.4 is 9.62 Å². The van der Waals surface area contributed by atoms with Crippen molar-refractivity contribution < 1.29 is 22.4 Å². The summed E-state index contributed by atoms with van der Waals surface area (Å²) in [5, 5.41) is 3.10. The van der Waals surface area contributed by atoms with E-state index >= 15 is 0 Å². The highest BCUT2D eigenvalue weighted by atomic mass is 35.5. The standard InChI is InChI=1S/C34H34Cl2FN3O4S/c1-3-19-38-34(42)32(20-25-9-5-4-6-10-25)39(22-26-11-7-8-12-30(26)37)33(41)23-40(31-21-27(35)15-18-29(31)36)45(43,44)28-16-13-24(2)14-17-28/h4-18,21,32H,3,19-20,22-23H2,1-2H3,(H,38,42)/t32-/m1/s1. The molecule has 0 saturated heterocycles. The Balaban J connectivity index is 1.83. The van der Waals surface area contributed by atoms with Gasteiger partial charge in [-0.1, -0.05) is 96.4 Å². The second kappa shape index (κ2) is 15.4. The van der Waals surface area contributed by atoms with E-state index in [-0.39, 0.29) is 39.2 Å². The highest BCUT2D eigenvalue weighted by molar-refractivity contribution is 7.92. The van der Waals surface area contributed by atoms with E-state index in [1.165, 1.54) is 53.4 Å². The first-order valence-electron chi connectivity index (χ1n) is 14.4. The van der Waals surface area contributed by atoms with Crippen LogP contribution in [0.15, 0.2) is 102 Å². The van der Waals surface area contributed by atoms with Gasteiger partial charge in [-0.15, -0.1) is 0 Å². The molecule has 0 bridgehead atoms. The predicted molar refractivity (Wildman–Crippen MR) is 176 cm³/mol. The zero-order chi connectivity index (χ0) is 32.6. The molecule has 0 radical (unpaired) electrons. The van der Waals surface area contributed by atoms with Crippen LogP contribution in [0.2, 0.25) is 10.0 Å². The van der Waals surface area contributed by atoms with E-state index in [1.54, 1.807) is 18.2 Å². The van der Waals surface area contributed by atoms with Crippen LogP contribution in [-0.2, 0) is 32.6 Å². The Morgan fingerprint density at radius 1 is 0.911 bits per heavy atom. The van der Waals surface area contributed by atoms with Gasteiger partial charge in [0, 0.05) is 30.1 Å². The fourth-order valence-corrected chi connectivity index (χ4v) is 6.62. The van der Waals surface area contributed by atoms with Crippen LogP contribution in [0.1, 0.15) is 30.0 Å². The van der Waals surface area contributed by atoms with Crippen molar-refractivity contribution in [2.45, 2.75) is 44.2 Å². The SMILES string of the molecule is CCCNC(=O)[C@@H](Cc1ccccc1)N(Cc1ccccc1F)C(=O)CN(c1cc(Cl)ccc1Cl)S(=O)(=O)c1ccc(C)cc1. The molecule has 45 heavy (non-hydrogen) atoms. The van der Waals surface area contributed by atoms with Crippen molar-refractivity contribution in [1.82, 2.24) is 10.2 Å². The molecule has 0 aliphatic carbocycles. The summed E-state index contributed by atoms with van der Waals surface area (Å²) in [6.07, 6.45) is 0.764. The molecule has 2 amide bonds. The number of halogens is 3. The number of carbonyl (C=O) groups is 2. The van der Waals surface area contributed by atoms with E-state index in [4.69, 9.17) is 23.2 Å². The fraction of sp³-hybridized carbons (Fsp3) is 0.235. The van der Waals surface area contributed by atoms with Crippen molar-refractivity contribution in [3.63, 3.8) is 0 Å². The van der Waals surface area contributed by atoms with E-state index in [9.17, 15) is 22.4 Å². The highest BCUT2D eigenvalue weighted by Crippen LogP contribution is 2.33. The Kier molecular flexibility index (Phi) is 11.6. The van der Waals surface area contributed by atoms with Crippen molar-refractivity contribution >= 4 is 50.7 Å². The molecule has 1 atom stereocenters. The molecule has 7 nitrogen and oxygen atoms in total. The maximum absolute atomic E-state index is 15.0. The first-order chi connectivity index (χ1) is 21.5. The van der Waals surface area contributed by atoms with Gasteiger partial charge in [0.2, 0.25) is 11.8 Å². The molecule has 0 spiro atoms. The lowest BCUT2D eigenvalue weighted by Crippen LogP contribution is -2.53. The third kappa shape index (κ3) is 8.63. The highest BCUT2D eigenvalue weighted by Gasteiger charge is 2.35. The molecule has 4 aromatic carbocycles. The van der Waals surface area contributed by atoms with Gasteiger partial charge in [-0.3, -0.25) is 13.9 Å². The number of nitrogens with one attached hydrogen (secondary N) is 1. The van der Waals surface area contributed by atoms with Gasteiger partial charge in [-0.05, 0) is 55.3 Å². The number of anilines is 1. The molecular formula is C34H34Cl2FN3O4S. The Morgan fingerprint density at radius 2 is 1.58 bits per heavy atom. The van der Waals surface area contributed by atoms with Gasteiger partial charge >= 0.3 is 0 Å². The van der Waals surface area contributed by atoms with Crippen LogP contribution in [0.5, 0.6) is 0 Å². The summed E-state index contributed by atoms with van der Waals surface area (Å²) >= 11 is 12.8. The molecule has 0 unspecified atom stereocenters. The Morgan fingerprint density at radius 3 is 2.24 bits per heavy atom. The van der Waals surface area contributed by atoms with E-state index in [1.807, 2.05) is 44.2 Å². The minimum absolute atomic E-state index is 0.0148. The molecule has 1 N–H and O–H groups in total. The molecule has 0 aromatic heterocycles. The number of hydrogen-bond acceptors (Lipinski definition) is 4. The Labute approximate surface area is 273 Å². The number of carbonyl (C=O) groups excluding carboxylic acids is 2. The lowest BCUT2D eigenvalue weighted by Gasteiger charge is -2.34. The number of benzene rings is 4. The number of nitrogens with zero attached hydrogens (tertiary/aromatic N) is 2. The number of aryl methyl sites for hydroxylation is 1. The summed E-state index contributed by atoms with van der Waals surface area (Å²) in [5.74, 6) is -1.75. The van der Waals surface area contributed by atoms with Gasteiger partial charge in [0.15, 0.2) is 0 Å². The zero-order valence-corrected chi connectivity index (χ0v) is 27.2. The first-order valence-corrected chi connectivity index (χ1v) is 16.6.